The Balaban J connectivity index is 1.10. The van der Waals surface area contributed by atoms with E-state index in [2.05, 4.69) is 4.98 Å². The van der Waals surface area contributed by atoms with Gasteiger partial charge in [-0.1, -0.05) is 19.9 Å². The molecule has 0 unspecified atom stereocenters. The number of rotatable bonds is 13. The van der Waals surface area contributed by atoms with Crippen molar-refractivity contribution in [3.05, 3.63) is 48.5 Å². The molecule has 47 heavy (non-hydrogen) atoms. The second-order valence-electron chi connectivity index (χ2n) is 13.7. The zero-order valence-corrected chi connectivity index (χ0v) is 28.7. The summed E-state index contributed by atoms with van der Waals surface area (Å²) in [6.45, 7) is 5.62. The molecule has 11 nitrogen and oxygen atoms in total. The van der Waals surface area contributed by atoms with Crippen molar-refractivity contribution in [3.63, 3.8) is 0 Å². The van der Waals surface area contributed by atoms with Gasteiger partial charge in [0.15, 0.2) is 0 Å². The molecule has 5 rings (SSSR count). The molecule has 3 heterocycles. The fourth-order valence-corrected chi connectivity index (χ4v) is 7.41. The van der Waals surface area contributed by atoms with Gasteiger partial charge >= 0.3 is 5.97 Å². The maximum absolute atomic E-state index is 13.3. The molecule has 1 aliphatic carbocycles. The van der Waals surface area contributed by atoms with E-state index in [1.54, 1.807) is 6.20 Å². The van der Waals surface area contributed by atoms with Crippen LogP contribution in [-0.4, -0.2) is 83.6 Å². The molecule has 256 valence electrons. The number of carbonyl (C=O) groups excluding carboxylic acids is 2. The van der Waals surface area contributed by atoms with Gasteiger partial charge in [0, 0.05) is 62.3 Å². The molecule has 1 saturated heterocycles. The number of fused-ring (bicyclic) bond motifs is 1. The Morgan fingerprint density at radius 1 is 1.04 bits per heavy atom. The Morgan fingerprint density at radius 3 is 2.49 bits per heavy atom. The quantitative estimate of drug-likeness (QED) is 0.206. The lowest BCUT2D eigenvalue weighted by Crippen LogP contribution is -2.46. The molecule has 0 radical (unpaired) electrons. The van der Waals surface area contributed by atoms with Crippen LogP contribution in [0, 0.1) is 17.8 Å². The van der Waals surface area contributed by atoms with Crippen molar-refractivity contribution < 1.29 is 27.5 Å². The minimum Gasteiger partial charge on any atom is -0.493 e. The van der Waals surface area contributed by atoms with Gasteiger partial charge in [-0.25, -0.2) is 18.4 Å². The highest BCUT2D eigenvalue weighted by Crippen LogP contribution is 2.33. The number of nitrogens with zero attached hydrogens (tertiary/aromatic N) is 4. The molecular formula is C35H49N5O6S. The molecule has 1 aliphatic heterocycles. The number of aromatic nitrogens is 3. The van der Waals surface area contributed by atoms with Gasteiger partial charge in [-0.3, -0.25) is 9.59 Å². The predicted molar refractivity (Wildman–Crippen MR) is 181 cm³/mol. The molecule has 1 atom stereocenters. The van der Waals surface area contributed by atoms with E-state index >= 15 is 0 Å². The van der Waals surface area contributed by atoms with Gasteiger partial charge in [0.2, 0.25) is 5.91 Å². The van der Waals surface area contributed by atoms with Crippen LogP contribution in [0.3, 0.4) is 0 Å². The van der Waals surface area contributed by atoms with E-state index in [4.69, 9.17) is 20.2 Å². The molecule has 1 aromatic carbocycles. The van der Waals surface area contributed by atoms with Crippen LogP contribution >= 0.6 is 0 Å². The summed E-state index contributed by atoms with van der Waals surface area (Å²) in [6.07, 6.45) is 11.6. The summed E-state index contributed by atoms with van der Waals surface area (Å²) in [6, 6.07) is 9.12. The number of likely N-dealkylation sites (tertiary alicyclic amines) is 1. The van der Waals surface area contributed by atoms with E-state index in [1.165, 1.54) is 6.26 Å². The largest absolute Gasteiger partial charge is 0.493 e. The number of esters is 1. The van der Waals surface area contributed by atoms with Crippen molar-refractivity contribution in [3.8, 4) is 11.6 Å². The number of carbonyl (C=O) groups is 2. The van der Waals surface area contributed by atoms with Crippen LogP contribution in [0.2, 0.25) is 0 Å². The lowest BCUT2D eigenvalue weighted by atomic mass is 9.79. The number of piperidine rings is 1. The Kier molecular flexibility index (Phi) is 11.5. The summed E-state index contributed by atoms with van der Waals surface area (Å²) < 4.78 is 36.5. The number of sulfone groups is 1. The van der Waals surface area contributed by atoms with Crippen molar-refractivity contribution in [2.45, 2.75) is 83.8 Å². The van der Waals surface area contributed by atoms with Crippen LogP contribution in [0.25, 0.3) is 16.7 Å². The molecule has 12 heteroatoms. The SMILES string of the molecule is CC(C)C[C@H](N)C(=O)OC1CCN(C(=O)C2CCC(Cc3nccc(-n4ccc5c(OCCCS(C)(=O)=O)cccc54)n3)CC2)CC1. The first kappa shape index (κ1) is 34.8. The monoisotopic (exact) mass is 667 g/mol. The zero-order chi connectivity index (χ0) is 33.6. The maximum Gasteiger partial charge on any atom is 0.323 e. The molecule has 2 fully saturated rings. The summed E-state index contributed by atoms with van der Waals surface area (Å²) in [5.74, 6) is 3.05. The second kappa shape index (κ2) is 15.6. The first-order valence-electron chi connectivity index (χ1n) is 16.9. The standard InChI is InChI=1S/C35H49N5O6S/c1-24(2)22-29(36)35(42)46-27-13-17-39(18-14-27)34(41)26-10-8-25(9-11-26)23-32-37-16-12-33(38-32)40-19-15-28-30(40)6-4-7-31(28)45-20-5-21-47(3,43)44/h4,6-7,12,15-16,19,24-27,29H,5,8-11,13-14,17-18,20-23,36H2,1-3H3/t25?,26?,29-/m0/s1. The first-order chi connectivity index (χ1) is 22.5. The number of benzene rings is 1. The summed E-state index contributed by atoms with van der Waals surface area (Å²) >= 11 is 0. The third-order valence-electron chi connectivity index (χ3n) is 9.28. The van der Waals surface area contributed by atoms with E-state index in [-0.39, 0.29) is 29.7 Å². The van der Waals surface area contributed by atoms with Crippen LogP contribution < -0.4 is 10.5 Å². The smallest absolute Gasteiger partial charge is 0.323 e. The Morgan fingerprint density at radius 2 is 1.79 bits per heavy atom. The maximum atomic E-state index is 13.3. The molecule has 1 amide bonds. The van der Waals surface area contributed by atoms with Gasteiger partial charge < -0.3 is 24.7 Å². The lowest BCUT2D eigenvalue weighted by Gasteiger charge is -2.36. The van der Waals surface area contributed by atoms with Gasteiger partial charge in [-0.2, -0.15) is 0 Å². The van der Waals surface area contributed by atoms with Crippen LogP contribution in [0.5, 0.6) is 5.75 Å². The van der Waals surface area contributed by atoms with Gasteiger partial charge in [0.05, 0.1) is 17.9 Å². The van der Waals surface area contributed by atoms with Crippen LogP contribution in [0.15, 0.2) is 42.7 Å². The third kappa shape index (κ3) is 9.53. The van der Waals surface area contributed by atoms with Gasteiger partial charge in [-0.05, 0) is 74.6 Å². The van der Waals surface area contributed by atoms with Crippen molar-refractivity contribution in [1.82, 2.24) is 19.4 Å². The summed E-state index contributed by atoms with van der Waals surface area (Å²) in [5, 5.41) is 0.936. The van der Waals surface area contributed by atoms with Gasteiger partial charge in [-0.15, -0.1) is 0 Å². The fraction of sp³-hybridized carbons (Fsp3) is 0.600. The zero-order valence-electron chi connectivity index (χ0n) is 27.8. The van der Waals surface area contributed by atoms with E-state index in [0.29, 0.717) is 63.0 Å². The number of ether oxygens (including phenoxy) is 2. The molecule has 1 saturated carbocycles. The lowest BCUT2D eigenvalue weighted by molar-refractivity contribution is -0.154. The van der Waals surface area contributed by atoms with E-state index in [9.17, 15) is 18.0 Å². The molecule has 3 aromatic rings. The van der Waals surface area contributed by atoms with Crippen molar-refractivity contribution >= 4 is 32.6 Å². The molecule has 2 aromatic heterocycles. The highest BCUT2D eigenvalue weighted by molar-refractivity contribution is 7.90. The van der Waals surface area contributed by atoms with Crippen LogP contribution in [-0.2, 0) is 30.6 Å². The molecule has 0 spiro atoms. The number of hydrogen-bond acceptors (Lipinski definition) is 9. The van der Waals surface area contributed by atoms with Crippen molar-refractivity contribution in [2.75, 3.05) is 31.7 Å². The first-order valence-corrected chi connectivity index (χ1v) is 19.0. The van der Waals surface area contributed by atoms with Crippen LogP contribution in [0.4, 0.5) is 0 Å². The molecule has 2 N–H and O–H groups in total. The highest BCUT2D eigenvalue weighted by atomic mass is 32.2. The van der Waals surface area contributed by atoms with Crippen molar-refractivity contribution in [1.29, 1.82) is 0 Å². The van der Waals surface area contributed by atoms with E-state index in [0.717, 1.165) is 54.6 Å². The van der Waals surface area contributed by atoms with Gasteiger partial charge in [0.25, 0.3) is 0 Å². The predicted octanol–water partition coefficient (Wildman–Crippen LogP) is 4.49. The second-order valence-corrected chi connectivity index (χ2v) is 15.9. The Hall–Kier alpha value is -3.51. The van der Waals surface area contributed by atoms with Crippen molar-refractivity contribution in [2.24, 2.45) is 23.5 Å². The number of nitrogens with two attached hydrogens (primary N) is 1. The Bertz CT molecular complexity index is 1620. The molecular weight excluding hydrogens is 618 g/mol. The Labute approximate surface area is 278 Å². The van der Waals surface area contributed by atoms with Gasteiger partial charge in [0.1, 0.15) is 39.4 Å². The average Bonchev–Trinajstić information content (AvgIpc) is 3.48. The third-order valence-corrected chi connectivity index (χ3v) is 10.3. The minimum absolute atomic E-state index is 0.0334. The normalized spacial score (nSPS) is 20.0. The van der Waals surface area contributed by atoms with E-state index < -0.39 is 15.9 Å². The summed E-state index contributed by atoms with van der Waals surface area (Å²) in [7, 11) is -3.02. The fourth-order valence-electron chi connectivity index (χ4n) is 6.77. The average molecular weight is 668 g/mol. The molecule has 0 bridgehead atoms. The summed E-state index contributed by atoms with van der Waals surface area (Å²) in [5.41, 5.74) is 6.93. The number of amides is 1. The summed E-state index contributed by atoms with van der Waals surface area (Å²) in [4.78, 5) is 37.1. The molecule has 2 aliphatic rings. The minimum atomic E-state index is -3.02. The van der Waals surface area contributed by atoms with E-state index in [1.807, 2.05) is 59.8 Å². The number of hydrogen-bond donors (Lipinski definition) is 1. The van der Waals surface area contributed by atoms with Crippen LogP contribution in [0.1, 0.15) is 71.0 Å². The highest BCUT2D eigenvalue weighted by Gasteiger charge is 2.33. The topological polar surface area (TPSA) is 147 Å².